The highest BCUT2D eigenvalue weighted by molar-refractivity contribution is 7.90. The van der Waals surface area contributed by atoms with E-state index in [1.807, 2.05) is 0 Å². The number of carbonyl (C=O) groups is 1. The van der Waals surface area contributed by atoms with Crippen molar-refractivity contribution in [1.82, 2.24) is 5.32 Å². The van der Waals surface area contributed by atoms with Gasteiger partial charge in [0, 0.05) is 18.7 Å². The Labute approximate surface area is 96.7 Å². The van der Waals surface area contributed by atoms with E-state index in [9.17, 15) is 13.2 Å². The third-order valence-corrected chi connectivity index (χ3v) is 3.95. The lowest BCUT2D eigenvalue weighted by atomic mass is 10.0. The van der Waals surface area contributed by atoms with Crippen molar-refractivity contribution in [3.05, 3.63) is 0 Å². The minimum atomic E-state index is -3.06. The molecule has 3 N–H and O–H groups in total. The van der Waals surface area contributed by atoms with Crippen molar-refractivity contribution in [3.63, 3.8) is 0 Å². The molecule has 94 valence electrons. The number of nitrogens with two attached hydrogens (primary N) is 1. The largest absolute Gasteiger partial charge is 0.353 e. The van der Waals surface area contributed by atoms with Crippen LogP contribution in [0.5, 0.6) is 0 Å². The summed E-state index contributed by atoms with van der Waals surface area (Å²) in [4.78, 5) is 11.5. The second-order valence-corrected chi connectivity index (χ2v) is 6.74. The fourth-order valence-electron chi connectivity index (χ4n) is 2.07. The molecule has 0 aromatic heterocycles. The Balaban J connectivity index is 2.34. The molecule has 0 bridgehead atoms. The third kappa shape index (κ3) is 4.49. The van der Waals surface area contributed by atoms with Crippen LogP contribution in [0, 0.1) is 5.92 Å². The van der Waals surface area contributed by atoms with Gasteiger partial charge in [-0.15, -0.1) is 0 Å². The Morgan fingerprint density at radius 1 is 1.44 bits per heavy atom. The summed E-state index contributed by atoms with van der Waals surface area (Å²) in [5.74, 6) is 0.0803. The zero-order valence-corrected chi connectivity index (χ0v) is 10.4. The van der Waals surface area contributed by atoms with Gasteiger partial charge in [0.1, 0.15) is 9.84 Å². The summed E-state index contributed by atoms with van der Waals surface area (Å²) in [5, 5.41) is 2.87. The maximum atomic E-state index is 11.5. The maximum absolute atomic E-state index is 11.5. The Morgan fingerprint density at radius 2 is 2.12 bits per heavy atom. The Hall–Kier alpha value is -0.620. The molecular weight excluding hydrogens is 228 g/mol. The van der Waals surface area contributed by atoms with Crippen LogP contribution in [0.3, 0.4) is 0 Å². The van der Waals surface area contributed by atoms with Crippen LogP contribution < -0.4 is 11.1 Å². The normalized spacial score (nSPS) is 25.6. The predicted octanol–water partition coefficient (Wildman–Crippen LogP) is -0.335. The molecule has 1 aliphatic rings. The van der Waals surface area contributed by atoms with E-state index in [0.29, 0.717) is 12.5 Å². The van der Waals surface area contributed by atoms with Crippen molar-refractivity contribution >= 4 is 15.7 Å². The summed E-state index contributed by atoms with van der Waals surface area (Å²) in [6, 6.07) is 0.136. The van der Waals surface area contributed by atoms with Gasteiger partial charge in [-0.25, -0.2) is 8.42 Å². The van der Waals surface area contributed by atoms with E-state index in [2.05, 4.69) is 5.32 Å². The second-order valence-electron chi connectivity index (χ2n) is 4.48. The summed E-state index contributed by atoms with van der Waals surface area (Å²) in [5.41, 5.74) is 5.60. The van der Waals surface area contributed by atoms with Crippen LogP contribution in [0.25, 0.3) is 0 Å². The predicted molar refractivity (Wildman–Crippen MR) is 62.7 cm³/mol. The molecule has 0 aromatic carbocycles. The molecule has 16 heavy (non-hydrogen) atoms. The molecule has 5 nitrogen and oxygen atoms in total. The van der Waals surface area contributed by atoms with Crippen LogP contribution >= 0.6 is 0 Å². The van der Waals surface area contributed by atoms with Crippen molar-refractivity contribution in [2.45, 2.75) is 31.7 Å². The Bertz CT molecular complexity index is 340. The molecule has 1 fully saturated rings. The summed E-state index contributed by atoms with van der Waals surface area (Å²) in [7, 11) is -3.06. The molecule has 1 saturated carbocycles. The number of rotatable bonds is 5. The van der Waals surface area contributed by atoms with E-state index in [1.165, 1.54) is 0 Å². The smallest absolute Gasteiger partial charge is 0.221 e. The van der Waals surface area contributed by atoms with Crippen molar-refractivity contribution < 1.29 is 13.2 Å². The number of hydrogen-bond acceptors (Lipinski definition) is 4. The van der Waals surface area contributed by atoms with Crippen molar-refractivity contribution in [1.29, 1.82) is 0 Å². The molecule has 0 radical (unpaired) electrons. The van der Waals surface area contributed by atoms with Gasteiger partial charge >= 0.3 is 0 Å². The molecule has 2 unspecified atom stereocenters. The van der Waals surface area contributed by atoms with E-state index >= 15 is 0 Å². The van der Waals surface area contributed by atoms with Gasteiger partial charge in [-0.3, -0.25) is 4.79 Å². The molecule has 1 rings (SSSR count). The zero-order chi connectivity index (χ0) is 12.2. The molecule has 2 atom stereocenters. The molecule has 1 amide bonds. The maximum Gasteiger partial charge on any atom is 0.221 e. The summed E-state index contributed by atoms with van der Waals surface area (Å²) in [6.07, 6.45) is 4.27. The number of sulfone groups is 1. The van der Waals surface area contributed by atoms with Gasteiger partial charge in [0.25, 0.3) is 0 Å². The molecule has 0 heterocycles. The minimum absolute atomic E-state index is 0.0482. The monoisotopic (exact) mass is 248 g/mol. The molecule has 6 heteroatoms. The minimum Gasteiger partial charge on any atom is -0.353 e. The van der Waals surface area contributed by atoms with E-state index in [4.69, 9.17) is 5.73 Å². The first-order chi connectivity index (χ1) is 7.42. The van der Waals surface area contributed by atoms with Gasteiger partial charge in [-0.2, -0.15) is 0 Å². The van der Waals surface area contributed by atoms with Crippen LogP contribution in [0.1, 0.15) is 25.7 Å². The molecule has 1 aliphatic carbocycles. The van der Waals surface area contributed by atoms with Crippen LogP contribution in [0.4, 0.5) is 0 Å². The Kier molecular flexibility index (Phi) is 4.73. The number of nitrogens with one attached hydrogen (secondary N) is 1. The lowest BCUT2D eigenvalue weighted by Crippen LogP contribution is -2.40. The third-order valence-electron chi connectivity index (χ3n) is 3.01. The van der Waals surface area contributed by atoms with Gasteiger partial charge in [-0.1, -0.05) is 6.42 Å². The Morgan fingerprint density at radius 3 is 2.69 bits per heavy atom. The highest BCUT2D eigenvalue weighted by atomic mass is 32.2. The molecule has 0 saturated heterocycles. The fourth-order valence-corrected chi connectivity index (χ4v) is 2.62. The highest BCUT2D eigenvalue weighted by Crippen LogP contribution is 2.24. The van der Waals surface area contributed by atoms with Crippen LogP contribution in [0.2, 0.25) is 0 Å². The van der Waals surface area contributed by atoms with E-state index in [1.54, 1.807) is 0 Å². The molecule has 0 aliphatic heterocycles. The van der Waals surface area contributed by atoms with Gasteiger partial charge in [-0.05, 0) is 25.3 Å². The lowest BCUT2D eigenvalue weighted by molar-refractivity contribution is -0.121. The van der Waals surface area contributed by atoms with Crippen LogP contribution in [-0.4, -0.2) is 38.9 Å². The number of carbonyl (C=O) groups excluding carboxylic acids is 1. The van der Waals surface area contributed by atoms with E-state index in [0.717, 1.165) is 25.5 Å². The van der Waals surface area contributed by atoms with E-state index in [-0.39, 0.29) is 24.1 Å². The first kappa shape index (κ1) is 13.4. The molecule has 0 spiro atoms. The molecule has 0 aromatic rings. The topological polar surface area (TPSA) is 89.3 Å². The average molecular weight is 248 g/mol. The number of hydrogen-bond donors (Lipinski definition) is 2. The average Bonchev–Trinajstić information content (AvgIpc) is 2.61. The van der Waals surface area contributed by atoms with Crippen LogP contribution in [0.15, 0.2) is 0 Å². The van der Waals surface area contributed by atoms with Crippen LogP contribution in [-0.2, 0) is 14.6 Å². The SMILES string of the molecule is CS(=O)(=O)CCC(=O)NC1CCCC1CN. The van der Waals surface area contributed by atoms with Crippen molar-refractivity contribution in [2.24, 2.45) is 11.7 Å². The van der Waals surface area contributed by atoms with Gasteiger partial charge < -0.3 is 11.1 Å². The fraction of sp³-hybridized carbons (Fsp3) is 0.900. The highest BCUT2D eigenvalue weighted by Gasteiger charge is 2.27. The van der Waals surface area contributed by atoms with Crippen molar-refractivity contribution in [3.8, 4) is 0 Å². The van der Waals surface area contributed by atoms with Gasteiger partial charge in [0.2, 0.25) is 5.91 Å². The summed E-state index contributed by atoms with van der Waals surface area (Å²) >= 11 is 0. The standard InChI is InChI=1S/C10H20N2O3S/c1-16(14,15)6-5-10(13)12-9-4-2-3-8(9)7-11/h8-9H,2-7,11H2,1H3,(H,12,13). The van der Waals surface area contributed by atoms with Gasteiger partial charge in [0.15, 0.2) is 0 Å². The summed E-state index contributed by atoms with van der Waals surface area (Å²) < 4.78 is 21.8. The van der Waals surface area contributed by atoms with Gasteiger partial charge in [0.05, 0.1) is 5.75 Å². The summed E-state index contributed by atoms with van der Waals surface area (Å²) in [6.45, 7) is 0.580. The first-order valence-electron chi connectivity index (χ1n) is 5.59. The molecular formula is C10H20N2O3S. The number of amides is 1. The quantitative estimate of drug-likeness (QED) is 0.697. The van der Waals surface area contributed by atoms with E-state index < -0.39 is 9.84 Å². The first-order valence-corrected chi connectivity index (χ1v) is 7.65. The zero-order valence-electron chi connectivity index (χ0n) is 9.61. The lowest BCUT2D eigenvalue weighted by Gasteiger charge is -2.19. The second kappa shape index (κ2) is 5.63. The van der Waals surface area contributed by atoms with Crippen molar-refractivity contribution in [2.75, 3.05) is 18.6 Å².